The monoisotopic (exact) mass is 301 g/mol. The Morgan fingerprint density at radius 3 is 1.55 bits per heavy atom. The van der Waals surface area contributed by atoms with Crippen LogP contribution in [0.4, 0.5) is 0 Å². The van der Waals surface area contributed by atoms with E-state index < -0.39 is 11.6 Å². The van der Waals surface area contributed by atoms with Crippen molar-refractivity contribution in [3.63, 3.8) is 0 Å². The zero-order valence-corrected chi connectivity index (χ0v) is 13.2. The molecule has 0 fully saturated rings. The molecule has 0 amide bonds. The highest BCUT2D eigenvalue weighted by atomic mass is 16.5. The van der Waals surface area contributed by atoms with Crippen molar-refractivity contribution in [2.45, 2.75) is 25.0 Å². The summed E-state index contributed by atoms with van der Waals surface area (Å²) in [6, 6.07) is 14.3. The van der Waals surface area contributed by atoms with Gasteiger partial charge in [-0.2, -0.15) is 0 Å². The van der Waals surface area contributed by atoms with E-state index in [1.807, 2.05) is 55.5 Å². The third kappa shape index (κ3) is 2.93. The molecule has 0 saturated carbocycles. The third-order valence-electron chi connectivity index (χ3n) is 4.04. The average molecular weight is 301 g/mol. The first-order valence-electron chi connectivity index (χ1n) is 7.33. The lowest BCUT2D eigenvalue weighted by Gasteiger charge is -2.35. The van der Waals surface area contributed by atoms with E-state index in [4.69, 9.17) is 15.2 Å². The maximum atomic E-state index is 11.3. The lowest BCUT2D eigenvalue weighted by Crippen LogP contribution is -2.46. The fourth-order valence-electron chi connectivity index (χ4n) is 2.58. The Kier molecular flexibility index (Phi) is 5.06. The van der Waals surface area contributed by atoms with Crippen molar-refractivity contribution in [1.82, 2.24) is 0 Å². The minimum absolute atomic E-state index is 0.422. The number of nitrogens with two attached hydrogens (primary N) is 1. The Balaban J connectivity index is 2.50. The van der Waals surface area contributed by atoms with Crippen molar-refractivity contribution in [2.75, 3.05) is 14.2 Å². The summed E-state index contributed by atoms with van der Waals surface area (Å²) in [5, 5.41) is 11.3. The van der Waals surface area contributed by atoms with Gasteiger partial charge in [0.2, 0.25) is 0 Å². The fraction of sp³-hybridized carbons (Fsp3) is 0.333. The molecule has 2 aromatic rings. The van der Waals surface area contributed by atoms with Crippen LogP contribution >= 0.6 is 0 Å². The molecule has 0 heterocycles. The van der Waals surface area contributed by atoms with Gasteiger partial charge in [0.25, 0.3) is 0 Å². The molecule has 0 radical (unpaired) electrons. The fourth-order valence-corrected chi connectivity index (χ4v) is 2.58. The van der Waals surface area contributed by atoms with Gasteiger partial charge in [0, 0.05) is 6.04 Å². The molecule has 2 rings (SSSR count). The molecule has 0 spiro atoms. The second-order valence-electron chi connectivity index (χ2n) is 5.24. The molecule has 3 N–H and O–H groups in total. The van der Waals surface area contributed by atoms with Crippen molar-refractivity contribution < 1.29 is 14.6 Å². The first-order chi connectivity index (χ1) is 10.6. The lowest BCUT2D eigenvalue weighted by atomic mass is 9.79. The van der Waals surface area contributed by atoms with Crippen LogP contribution in [-0.4, -0.2) is 25.4 Å². The van der Waals surface area contributed by atoms with E-state index >= 15 is 0 Å². The first-order valence-corrected chi connectivity index (χ1v) is 7.33. The van der Waals surface area contributed by atoms with Crippen LogP contribution in [0.3, 0.4) is 0 Å². The number of hydrogen-bond donors (Lipinski definition) is 2. The Morgan fingerprint density at radius 2 is 1.27 bits per heavy atom. The van der Waals surface area contributed by atoms with Crippen molar-refractivity contribution in [1.29, 1.82) is 0 Å². The van der Waals surface area contributed by atoms with Gasteiger partial charge < -0.3 is 20.3 Å². The standard InChI is InChI=1S/C18H23NO3/c1-4-17(19)18(20,13-5-9-15(21-2)10-6-13)14-7-11-16(22-3)12-8-14/h5-12,17,20H,4,19H2,1-3H3. The Hall–Kier alpha value is -2.04. The predicted molar refractivity (Wildman–Crippen MR) is 87.3 cm³/mol. The van der Waals surface area contributed by atoms with Crippen LogP contribution in [0, 0.1) is 0 Å². The van der Waals surface area contributed by atoms with Gasteiger partial charge in [-0.3, -0.25) is 0 Å². The summed E-state index contributed by atoms with van der Waals surface area (Å²) >= 11 is 0. The highest BCUT2D eigenvalue weighted by Crippen LogP contribution is 2.35. The average Bonchev–Trinajstić information content (AvgIpc) is 2.60. The Labute approximate surface area is 131 Å². The quantitative estimate of drug-likeness (QED) is 0.861. The van der Waals surface area contributed by atoms with E-state index in [2.05, 4.69) is 0 Å². The topological polar surface area (TPSA) is 64.7 Å². The van der Waals surface area contributed by atoms with Gasteiger partial charge in [0.1, 0.15) is 17.1 Å². The second kappa shape index (κ2) is 6.81. The number of aliphatic hydroxyl groups is 1. The molecule has 0 aliphatic carbocycles. The Bertz CT molecular complexity index is 545. The molecular weight excluding hydrogens is 278 g/mol. The number of hydrogen-bond acceptors (Lipinski definition) is 4. The molecule has 0 saturated heterocycles. The van der Waals surface area contributed by atoms with Crippen LogP contribution in [0.25, 0.3) is 0 Å². The minimum atomic E-state index is -1.26. The highest BCUT2D eigenvalue weighted by Gasteiger charge is 2.37. The van der Waals surface area contributed by atoms with Gasteiger partial charge in [-0.25, -0.2) is 0 Å². The van der Waals surface area contributed by atoms with Crippen LogP contribution < -0.4 is 15.2 Å². The highest BCUT2D eigenvalue weighted by molar-refractivity contribution is 5.42. The summed E-state index contributed by atoms with van der Waals surface area (Å²) in [5.41, 5.74) is 6.47. The van der Waals surface area contributed by atoms with E-state index in [0.717, 1.165) is 22.6 Å². The molecule has 1 unspecified atom stereocenters. The summed E-state index contributed by atoms with van der Waals surface area (Å²) in [7, 11) is 3.23. The molecule has 22 heavy (non-hydrogen) atoms. The zero-order chi connectivity index (χ0) is 16.2. The Morgan fingerprint density at radius 1 is 0.909 bits per heavy atom. The van der Waals surface area contributed by atoms with Gasteiger partial charge in [-0.1, -0.05) is 31.2 Å². The number of rotatable bonds is 6. The number of ether oxygens (including phenoxy) is 2. The van der Waals surface area contributed by atoms with Crippen LogP contribution in [0.1, 0.15) is 24.5 Å². The van der Waals surface area contributed by atoms with Crippen LogP contribution in [-0.2, 0) is 5.60 Å². The number of benzene rings is 2. The van der Waals surface area contributed by atoms with Crippen molar-refractivity contribution in [3.8, 4) is 11.5 Å². The molecule has 4 heteroatoms. The van der Waals surface area contributed by atoms with Crippen molar-refractivity contribution in [3.05, 3.63) is 59.7 Å². The molecule has 0 bridgehead atoms. The molecule has 0 aromatic heterocycles. The molecule has 118 valence electrons. The summed E-state index contributed by atoms with van der Waals surface area (Å²) in [6.45, 7) is 1.96. The molecule has 2 aromatic carbocycles. The summed E-state index contributed by atoms with van der Waals surface area (Å²) < 4.78 is 10.4. The van der Waals surface area contributed by atoms with Gasteiger partial charge in [-0.05, 0) is 41.8 Å². The predicted octanol–water partition coefficient (Wildman–Crippen LogP) is 2.68. The molecule has 0 aliphatic rings. The zero-order valence-electron chi connectivity index (χ0n) is 13.2. The van der Waals surface area contributed by atoms with E-state index in [0.29, 0.717) is 6.42 Å². The van der Waals surface area contributed by atoms with E-state index in [9.17, 15) is 5.11 Å². The van der Waals surface area contributed by atoms with E-state index in [1.165, 1.54) is 0 Å². The maximum absolute atomic E-state index is 11.3. The first kappa shape index (κ1) is 16.3. The van der Waals surface area contributed by atoms with Gasteiger partial charge in [0.05, 0.1) is 14.2 Å². The van der Waals surface area contributed by atoms with Crippen LogP contribution in [0.15, 0.2) is 48.5 Å². The molecular formula is C18H23NO3. The molecule has 0 aliphatic heterocycles. The van der Waals surface area contributed by atoms with Gasteiger partial charge >= 0.3 is 0 Å². The largest absolute Gasteiger partial charge is 0.497 e. The van der Waals surface area contributed by atoms with E-state index in [1.54, 1.807) is 14.2 Å². The van der Waals surface area contributed by atoms with Crippen molar-refractivity contribution >= 4 is 0 Å². The summed E-state index contributed by atoms with van der Waals surface area (Å²) in [5.74, 6) is 1.48. The van der Waals surface area contributed by atoms with Crippen molar-refractivity contribution in [2.24, 2.45) is 5.73 Å². The SMILES string of the molecule is CCC(N)C(O)(c1ccc(OC)cc1)c1ccc(OC)cc1. The summed E-state index contributed by atoms with van der Waals surface area (Å²) in [6.07, 6.45) is 0.647. The second-order valence-corrected chi connectivity index (χ2v) is 5.24. The van der Waals surface area contributed by atoms with Gasteiger partial charge in [0.15, 0.2) is 0 Å². The van der Waals surface area contributed by atoms with Crippen LogP contribution in [0.5, 0.6) is 11.5 Å². The smallest absolute Gasteiger partial charge is 0.130 e. The normalized spacial score (nSPS) is 12.8. The van der Waals surface area contributed by atoms with Crippen LogP contribution in [0.2, 0.25) is 0 Å². The summed E-state index contributed by atoms with van der Waals surface area (Å²) in [4.78, 5) is 0. The lowest BCUT2D eigenvalue weighted by molar-refractivity contribution is 0.0502. The molecule has 1 atom stereocenters. The molecule has 4 nitrogen and oxygen atoms in total. The van der Waals surface area contributed by atoms with E-state index in [-0.39, 0.29) is 0 Å². The maximum Gasteiger partial charge on any atom is 0.130 e. The van der Waals surface area contributed by atoms with Gasteiger partial charge in [-0.15, -0.1) is 0 Å². The third-order valence-corrected chi connectivity index (χ3v) is 4.04. The minimum Gasteiger partial charge on any atom is -0.497 e. The number of methoxy groups -OCH3 is 2.